The van der Waals surface area contributed by atoms with Crippen molar-refractivity contribution in [3.05, 3.63) is 41.1 Å². The lowest BCUT2D eigenvalue weighted by molar-refractivity contribution is 0.0603. The number of esters is 1. The van der Waals surface area contributed by atoms with Crippen molar-refractivity contribution >= 4 is 22.8 Å². The Kier molecular flexibility index (Phi) is 2.97. The molecule has 2 rings (SSSR count). The molecule has 1 aromatic carbocycles. The fourth-order valence-electron chi connectivity index (χ4n) is 1.86. The number of carbonyl (C=O) groups is 2. The van der Waals surface area contributed by atoms with E-state index in [0.29, 0.717) is 16.5 Å². The van der Waals surface area contributed by atoms with Gasteiger partial charge in [0.2, 0.25) is 0 Å². The molecule has 5 nitrogen and oxygen atoms in total. The van der Waals surface area contributed by atoms with Crippen molar-refractivity contribution in [2.45, 2.75) is 6.92 Å². The van der Waals surface area contributed by atoms with Crippen LogP contribution in [0.25, 0.3) is 10.9 Å². The first-order chi connectivity index (χ1) is 8.54. The highest BCUT2D eigenvalue weighted by atomic mass is 16.5. The van der Waals surface area contributed by atoms with Crippen molar-refractivity contribution in [1.82, 2.24) is 4.98 Å². The molecule has 1 amide bonds. The normalized spacial score (nSPS) is 10.3. The van der Waals surface area contributed by atoms with E-state index in [0.717, 1.165) is 5.56 Å². The summed E-state index contributed by atoms with van der Waals surface area (Å²) in [7, 11) is 1.29. The van der Waals surface area contributed by atoms with Crippen LogP contribution < -0.4 is 5.73 Å². The van der Waals surface area contributed by atoms with Gasteiger partial charge in [-0.2, -0.15) is 0 Å². The summed E-state index contributed by atoms with van der Waals surface area (Å²) in [5, 5.41) is 0.675. The molecule has 0 atom stereocenters. The van der Waals surface area contributed by atoms with Crippen molar-refractivity contribution in [3.8, 4) is 0 Å². The van der Waals surface area contributed by atoms with Crippen LogP contribution in [-0.4, -0.2) is 24.0 Å². The molecule has 0 fully saturated rings. The molecule has 0 saturated carbocycles. The van der Waals surface area contributed by atoms with Gasteiger partial charge in [-0.3, -0.25) is 4.79 Å². The number of aryl methyl sites for hydroxylation is 1. The van der Waals surface area contributed by atoms with Gasteiger partial charge < -0.3 is 10.5 Å². The third-order valence-electron chi connectivity index (χ3n) is 2.70. The summed E-state index contributed by atoms with van der Waals surface area (Å²) in [5.74, 6) is -1.19. The zero-order valence-electron chi connectivity index (χ0n) is 10.1. The third kappa shape index (κ3) is 1.90. The Bertz CT molecular complexity index is 650. The summed E-state index contributed by atoms with van der Waals surface area (Å²) < 4.78 is 4.72. The molecule has 0 bridgehead atoms. The third-order valence-corrected chi connectivity index (χ3v) is 2.70. The Balaban J connectivity index is 2.86. The molecule has 92 valence electrons. The smallest absolute Gasteiger partial charge is 0.338 e. The molecule has 5 heteroatoms. The van der Waals surface area contributed by atoms with E-state index in [9.17, 15) is 9.59 Å². The van der Waals surface area contributed by atoms with Gasteiger partial charge in [-0.1, -0.05) is 12.1 Å². The van der Waals surface area contributed by atoms with Crippen molar-refractivity contribution in [1.29, 1.82) is 0 Å². The van der Waals surface area contributed by atoms with E-state index in [-0.39, 0.29) is 5.69 Å². The molecular formula is C13H12N2O3. The summed E-state index contributed by atoms with van der Waals surface area (Å²) in [5.41, 5.74) is 6.98. The number of ether oxygens (including phenoxy) is 1. The molecule has 0 unspecified atom stereocenters. The van der Waals surface area contributed by atoms with E-state index in [1.165, 1.54) is 13.2 Å². The number of primary amides is 1. The fraction of sp³-hybridized carbons (Fsp3) is 0.154. The van der Waals surface area contributed by atoms with Gasteiger partial charge in [-0.15, -0.1) is 0 Å². The van der Waals surface area contributed by atoms with Gasteiger partial charge in [-0.25, -0.2) is 9.78 Å². The average molecular weight is 244 g/mol. The van der Waals surface area contributed by atoms with E-state index in [2.05, 4.69) is 4.98 Å². The zero-order chi connectivity index (χ0) is 13.3. The second kappa shape index (κ2) is 4.44. The molecule has 0 aliphatic carbocycles. The van der Waals surface area contributed by atoms with Crippen LogP contribution >= 0.6 is 0 Å². The standard InChI is InChI=1S/C13H12N2O3/c1-7-4-3-5-9-11(7)8(13(17)18-2)6-10(15-9)12(14)16/h3-6H,1-2H3,(H2,14,16). The number of hydrogen-bond donors (Lipinski definition) is 1. The van der Waals surface area contributed by atoms with E-state index < -0.39 is 11.9 Å². The van der Waals surface area contributed by atoms with Crippen molar-refractivity contribution in [2.75, 3.05) is 7.11 Å². The summed E-state index contributed by atoms with van der Waals surface area (Å²) in [6, 6.07) is 6.75. The minimum absolute atomic E-state index is 0.0495. The number of carbonyl (C=O) groups excluding carboxylic acids is 2. The van der Waals surface area contributed by atoms with Crippen LogP contribution in [-0.2, 0) is 4.74 Å². The number of hydrogen-bond acceptors (Lipinski definition) is 4. The van der Waals surface area contributed by atoms with Crippen LogP contribution in [0.1, 0.15) is 26.4 Å². The van der Waals surface area contributed by atoms with Crippen LogP contribution in [0.15, 0.2) is 24.3 Å². The maximum atomic E-state index is 11.8. The lowest BCUT2D eigenvalue weighted by Gasteiger charge is -2.08. The van der Waals surface area contributed by atoms with Crippen molar-refractivity contribution in [2.24, 2.45) is 5.73 Å². The molecular weight excluding hydrogens is 232 g/mol. The number of rotatable bonds is 2. The number of pyridine rings is 1. The maximum absolute atomic E-state index is 11.8. The first kappa shape index (κ1) is 12.0. The minimum Gasteiger partial charge on any atom is -0.465 e. The molecule has 18 heavy (non-hydrogen) atoms. The van der Waals surface area contributed by atoms with E-state index >= 15 is 0 Å². The number of aromatic nitrogens is 1. The number of nitrogens with zero attached hydrogens (tertiary/aromatic N) is 1. The number of methoxy groups -OCH3 is 1. The van der Waals surface area contributed by atoms with E-state index in [4.69, 9.17) is 10.5 Å². The van der Waals surface area contributed by atoms with Gasteiger partial charge in [-0.05, 0) is 24.6 Å². The fourth-order valence-corrected chi connectivity index (χ4v) is 1.86. The maximum Gasteiger partial charge on any atom is 0.338 e. The second-order valence-electron chi connectivity index (χ2n) is 3.88. The molecule has 0 radical (unpaired) electrons. The lowest BCUT2D eigenvalue weighted by Crippen LogP contribution is -2.15. The second-order valence-corrected chi connectivity index (χ2v) is 3.88. The topological polar surface area (TPSA) is 82.3 Å². The number of fused-ring (bicyclic) bond motifs is 1. The van der Waals surface area contributed by atoms with Crippen molar-refractivity contribution in [3.63, 3.8) is 0 Å². The molecule has 0 saturated heterocycles. The number of benzene rings is 1. The van der Waals surface area contributed by atoms with Gasteiger partial charge in [0.15, 0.2) is 0 Å². The first-order valence-electron chi connectivity index (χ1n) is 5.33. The zero-order valence-corrected chi connectivity index (χ0v) is 10.1. The highest BCUT2D eigenvalue weighted by Crippen LogP contribution is 2.22. The predicted octanol–water partition coefficient (Wildman–Crippen LogP) is 1.43. The summed E-state index contributed by atoms with van der Waals surface area (Å²) in [6.07, 6.45) is 0. The molecule has 0 aliphatic rings. The Hall–Kier alpha value is -2.43. The van der Waals surface area contributed by atoms with E-state index in [1.807, 2.05) is 13.0 Å². The molecule has 1 heterocycles. The number of nitrogens with two attached hydrogens (primary N) is 1. The SMILES string of the molecule is COC(=O)c1cc(C(N)=O)nc2cccc(C)c12. The molecule has 0 spiro atoms. The largest absolute Gasteiger partial charge is 0.465 e. The molecule has 2 aromatic rings. The summed E-state index contributed by atoms with van der Waals surface area (Å²) in [4.78, 5) is 27.1. The van der Waals surface area contributed by atoms with Gasteiger partial charge in [0.25, 0.3) is 5.91 Å². The summed E-state index contributed by atoms with van der Waals surface area (Å²) in [6.45, 7) is 1.86. The van der Waals surface area contributed by atoms with Gasteiger partial charge in [0.1, 0.15) is 5.69 Å². The quantitative estimate of drug-likeness (QED) is 0.810. The van der Waals surface area contributed by atoms with E-state index in [1.54, 1.807) is 12.1 Å². The van der Waals surface area contributed by atoms with Gasteiger partial charge >= 0.3 is 5.97 Å². The van der Waals surface area contributed by atoms with Crippen LogP contribution in [0.2, 0.25) is 0 Å². The minimum atomic E-state index is -0.677. The summed E-state index contributed by atoms with van der Waals surface area (Å²) >= 11 is 0. The highest BCUT2D eigenvalue weighted by molar-refractivity contribution is 6.07. The van der Waals surface area contributed by atoms with Crippen LogP contribution in [0, 0.1) is 6.92 Å². The average Bonchev–Trinajstić information content (AvgIpc) is 2.36. The monoisotopic (exact) mass is 244 g/mol. The Labute approximate surface area is 104 Å². The van der Waals surface area contributed by atoms with Crippen LogP contribution in [0.3, 0.4) is 0 Å². The molecule has 0 aliphatic heterocycles. The Morgan fingerprint density at radius 2 is 2.06 bits per heavy atom. The lowest BCUT2D eigenvalue weighted by atomic mass is 10.0. The molecule has 2 N–H and O–H groups in total. The Morgan fingerprint density at radius 1 is 1.33 bits per heavy atom. The number of amides is 1. The predicted molar refractivity (Wildman–Crippen MR) is 66.3 cm³/mol. The van der Waals surface area contributed by atoms with Crippen LogP contribution in [0.5, 0.6) is 0 Å². The van der Waals surface area contributed by atoms with Gasteiger partial charge in [0.05, 0.1) is 18.2 Å². The van der Waals surface area contributed by atoms with Crippen LogP contribution in [0.4, 0.5) is 0 Å². The Morgan fingerprint density at radius 3 is 2.67 bits per heavy atom. The molecule has 1 aromatic heterocycles. The van der Waals surface area contributed by atoms with Gasteiger partial charge in [0, 0.05) is 5.39 Å². The first-order valence-corrected chi connectivity index (χ1v) is 5.33. The van der Waals surface area contributed by atoms with Crippen molar-refractivity contribution < 1.29 is 14.3 Å². The highest BCUT2D eigenvalue weighted by Gasteiger charge is 2.16.